The van der Waals surface area contributed by atoms with Crippen LogP contribution in [0.3, 0.4) is 0 Å². The maximum Gasteiger partial charge on any atom is 0.237 e. The van der Waals surface area contributed by atoms with Crippen molar-refractivity contribution in [3.63, 3.8) is 0 Å². The SMILES string of the molecule is CC(C)NC(=O)[C@@H](C)N(C)Cc1ccc(-c2ccc(Cl)cc2)o1. The summed E-state index contributed by atoms with van der Waals surface area (Å²) in [5.74, 6) is 1.64. The molecule has 1 aromatic heterocycles. The number of nitrogens with one attached hydrogen (secondary N) is 1. The predicted octanol–water partition coefficient (Wildman–Crippen LogP) is 3.94. The molecule has 1 heterocycles. The van der Waals surface area contributed by atoms with E-state index < -0.39 is 0 Å². The van der Waals surface area contributed by atoms with E-state index in [-0.39, 0.29) is 18.0 Å². The van der Waals surface area contributed by atoms with Gasteiger partial charge in [-0.2, -0.15) is 0 Å². The lowest BCUT2D eigenvalue weighted by molar-refractivity contribution is -0.126. The number of likely N-dealkylation sites (N-methyl/N-ethyl adjacent to an activating group) is 1. The third-order valence-corrected chi connectivity index (χ3v) is 3.92. The van der Waals surface area contributed by atoms with Gasteiger partial charge in [0, 0.05) is 16.6 Å². The van der Waals surface area contributed by atoms with Crippen LogP contribution in [0.2, 0.25) is 5.02 Å². The molecule has 0 unspecified atom stereocenters. The van der Waals surface area contributed by atoms with Crippen molar-refractivity contribution in [3.05, 3.63) is 47.2 Å². The number of hydrogen-bond acceptors (Lipinski definition) is 3. The molecule has 0 aliphatic heterocycles. The molecule has 5 heteroatoms. The number of amides is 1. The highest BCUT2D eigenvalue weighted by atomic mass is 35.5. The second kappa shape index (κ2) is 7.66. The fourth-order valence-corrected chi connectivity index (χ4v) is 2.35. The quantitative estimate of drug-likeness (QED) is 0.870. The Morgan fingerprint density at radius 2 is 1.83 bits per heavy atom. The molecule has 0 radical (unpaired) electrons. The number of rotatable bonds is 6. The van der Waals surface area contributed by atoms with Gasteiger partial charge >= 0.3 is 0 Å². The molecule has 0 bridgehead atoms. The summed E-state index contributed by atoms with van der Waals surface area (Å²) in [4.78, 5) is 14.0. The maximum atomic E-state index is 12.0. The van der Waals surface area contributed by atoms with Crippen LogP contribution in [0.4, 0.5) is 0 Å². The number of halogens is 1. The van der Waals surface area contributed by atoms with Gasteiger partial charge in [0.2, 0.25) is 5.91 Å². The van der Waals surface area contributed by atoms with Crippen LogP contribution in [-0.2, 0) is 11.3 Å². The van der Waals surface area contributed by atoms with Crippen molar-refractivity contribution in [2.45, 2.75) is 39.4 Å². The number of hydrogen-bond donors (Lipinski definition) is 1. The van der Waals surface area contributed by atoms with Crippen molar-refractivity contribution in [1.29, 1.82) is 0 Å². The van der Waals surface area contributed by atoms with E-state index in [1.54, 1.807) is 0 Å². The number of carbonyl (C=O) groups is 1. The second-order valence-corrected chi connectivity index (χ2v) is 6.46. The molecule has 1 atom stereocenters. The topological polar surface area (TPSA) is 45.5 Å². The predicted molar refractivity (Wildman–Crippen MR) is 93.4 cm³/mol. The molecule has 2 aromatic rings. The fourth-order valence-electron chi connectivity index (χ4n) is 2.22. The molecule has 0 fully saturated rings. The van der Waals surface area contributed by atoms with Gasteiger partial charge in [0.1, 0.15) is 11.5 Å². The van der Waals surface area contributed by atoms with Gasteiger partial charge in [0.15, 0.2) is 0 Å². The van der Waals surface area contributed by atoms with E-state index in [1.807, 2.05) is 69.1 Å². The van der Waals surface area contributed by atoms with Crippen molar-refractivity contribution in [2.75, 3.05) is 7.05 Å². The van der Waals surface area contributed by atoms with E-state index in [2.05, 4.69) is 5.32 Å². The van der Waals surface area contributed by atoms with Crippen LogP contribution in [0.1, 0.15) is 26.5 Å². The first-order valence-electron chi connectivity index (χ1n) is 7.72. The average molecular weight is 335 g/mol. The minimum Gasteiger partial charge on any atom is -0.460 e. The van der Waals surface area contributed by atoms with E-state index in [9.17, 15) is 4.79 Å². The van der Waals surface area contributed by atoms with Gasteiger partial charge in [-0.1, -0.05) is 11.6 Å². The summed E-state index contributed by atoms with van der Waals surface area (Å²) in [5, 5.41) is 3.62. The van der Waals surface area contributed by atoms with Gasteiger partial charge in [-0.25, -0.2) is 0 Å². The molecule has 124 valence electrons. The van der Waals surface area contributed by atoms with Crippen molar-refractivity contribution < 1.29 is 9.21 Å². The van der Waals surface area contributed by atoms with Crippen molar-refractivity contribution in [3.8, 4) is 11.3 Å². The van der Waals surface area contributed by atoms with Gasteiger partial charge in [0.25, 0.3) is 0 Å². The Balaban J connectivity index is 2.01. The molecule has 1 N–H and O–H groups in total. The standard InChI is InChI=1S/C18H23ClN2O2/c1-12(2)20-18(22)13(3)21(4)11-16-9-10-17(23-16)14-5-7-15(19)8-6-14/h5-10,12-13H,11H2,1-4H3,(H,20,22)/t13-/m1/s1. The Hall–Kier alpha value is -1.78. The summed E-state index contributed by atoms with van der Waals surface area (Å²) >= 11 is 5.90. The molecule has 0 saturated heterocycles. The summed E-state index contributed by atoms with van der Waals surface area (Å²) < 4.78 is 5.87. The summed E-state index contributed by atoms with van der Waals surface area (Å²) in [6.45, 7) is 6.37. The van der Waals surface area contributed by atoms with Gasteiger partial charge in [-0.15, -0.1) is 0 Å². The molecule has 4 nitrogen and oxygen atoms in total. The number of carbonyl (C=O) groups excluding carboxylic acids is 1. The minimum absolute atomic E-state index is 0.0204. The van der Waals surface area contributed by atoms with E-state index in [4.69, 9.17) is 16.0 Å². The van der Waals surface area contributed by atoms with Crippen molar-refractivity contribution in [1.82, 2.24) is 10.2 Å². The third-order valence-electron chi connectivity index (χ3n) is 3.67. The van der Waals surface area contributed by atoms with Crippen LogP contribution in [0, 0.1) is 0 Å². The molecular weight excluding hydrogens is 312 g/mol. The van der Waals surface area contributed by atoms with E-state index in [0.29, 0.717) is 11.6 Å². The summed E-state index contributed by atoms with van der Waals surface area (Å²) in [7, 11) is 1.91. The van der Waals surface area contributed by atoms with Crippen LogP contribution >= 0.6 is 11.6 Å². The normalized spacial score (nSPS) is 12.7. The molecule has 23 heavy (non-hydrogen) atoms. The number of benzene rings is 1. The third kappa shape index (κ3) is 4.85. The van der Waals surface area contributed by atoms with Gasteiger partial charge in [-0.3, -0.25) is 9.69 Å². The zero-order chi connectivity index (χ0) is 17.0. The monoisotopic (exact) mass is 334 g/mol. The van der Waals surface area contributed by atoms with Gasteiger partial charge < -0.3 is 9.73 Å². The van der Waals surface area contributed by atoms with Gasteiger partial charge in [0.05, 0.1) is 12.6 Å². The Morgan fingerprint density at radius 3 is 2.43 bits per heavy atom. The largest absolute Gasteiger partial charge is 0.460 e. The van der Waals surface area contributed by atoms with Crippen molar-refractivity contribution >= 4 is 17.5 Å². The number of nitrogens with zero attached hydrogens (tertiary/aromatic N) is 1. The molecule has 0 aliphatic carbocycles. The lowest BCUT2D eigenvalue weighted by atomic mass is 10.2. The van der Waals surface area contributed by atoms with Crippen molar-refractivity contribution in [2.24, 2.45) is 0 Å². The zero-order valence-electron chi connectivity index (χ0n) is 14.0. The molecule has 0 saturated carbocycles. The molecule has 2 rings (SSSR count). The highest BCUT2D eigenvalue weighted by molar-refractivity contribution is 6.30. The Labute approximate surface area is 142 Å². The van der Waals surface area contributed by atoms with E-state index in [0.717, 1.165) is 17.1 Å². The highest BCUT2D eigenvalue weighted by Crippen LogP contribution is 2.24. The molecule has 1 amide bonds. The fraction of sp³-hybridized carbons (Fsp3) is 0.389. The first kappa shape index (κ1) is 17.6. The summed E-state index contributed by atoms with van der Waals surface area (Å²) in [6, 6.07) is 11.3. The van der Waals surface area contributed by atoms with Crippen LogP contribution in [0.25, 0.3) is 11.3 Å². The van der Waals surface area contributed by atoms with Crippen LogP contribution in [0.15, 0.2) is 40.8 Å². The first-order valence-corrected chi connectivity index (χ1v) is 8.10. The van der Waals surface area contributed by atoms with Crippen LogP contribution in [-0.4, -0.2) is 29.9 Å². The summed E-state index contributed by atoms with van der Waals surface area (Å²) in [6.07, 6.45) is 0. The molecule has 1 aromatic carbocycles. The first-order chi connectivity index (χ1) is 10.9. The lowest BCUT2D eigenvalue weighted by Crippen LogP contribution is -2.45. The Bertz CT molecular complexity index is 649. The van der Waals surface area contributed by atoms with E-state index >= 15 is 0 Å². The number of furan rings is 1. The summed E-state index contributed by atoms with van der Waals surface area (Å²) in [5.41, 5.74) is 0.980. The van der Waals surface area contributed by atoms with Crippen LogP contribution < -0.4 is 5.32 Å². The zero-order valence-corrected chi connectivity index (χ0v) is 14.7. The lowest BCUT2D eigenvalue weighted by Gasteiger charge is -2.23. The van der Waals surface area contributed by atoms with Gasteiger partial charge in [-0.05, 0) is 64.2 Å². The second-order valence-electron chi connectivity index (χ2n) is 6.03. The Kier molecular flexibility index (Phi) is 5.85. The minimum atomic E-state index is -0.221. The molecule has 0 aliphatic rings. The van der Waals surface area contributed by atoms with E-state index in [1.165, 1.54) is 0 Å². The smallest absolute Gasteiger partial charge is 0.237 e. The average Bonchev–Trinajstić information content (AvgIpc) is 2.94. The molecular formula is C18H23ClN2O2. The highest BCUT2D eigenvalue weighted by Gasteiger charge is 2.19. The molecule has 0 spiro atoms. The Morgan fingerprint density at radius 1 is 1.17 bits per heavy atom. The maximum absolute atomic E-state index is 12.0. The van der Waals surface area contributed by atoms with Crippen LogP contribution in [0.5, 0.6) is 0 Å².